The lowest BCUT2D eigenvalue weighted by Crippen LogP contribution is -2.37. The van der Waals surface area contributed by atoms with Gasteiger partial charge in [-0.1, -0.05) is 24.3 Å². The largest absolute Gasteiger partial charge is 0.377 e. The molecule has 0 aliphatic carbocycles. The fourth-order valence-electron chi connectivity index (χ4n) is 2.85. The number of benzene rings is 1. The van der Waals surface area contributed by atoms with Crippen LogP contribution in [-0.2, 0) is 16.0 Å². The summed E-state index contributed by atoms with van der Waals surface area (Å²) in [6.07, 6.45) is 2.34. The fraction of sp³-hybridized carbons (Fsp3) is 0.353. The van der Waals surface area contributed by atoms with E-state index < -0.39 is 0 Å². The lowest BCUT2D eigenvalue weighted by Gasteiger charge is -2.33. The van der Waals surface area contributed by atoms with E-state index in [0.29, 0.717) is 6.42 Å². The SMILES string of the molecule is COC1CCN(C(=O)CCc2cccs2)c2ccccc21. The summed E-state index contributed by atoms with van der Waals surface area (Å²) in [6, 6.07) is 12.2. The minimum absolute atomic E-state index is 0.0996. The molecule has 110 valence electrons. The van der Waals surface area contributed by atoms with Crippen LogP contribution in [0.5, 0.6) is 0 Å². The smallest absolute Gasteiger partial charge is 0.227 e. The van der Waals surface area contributed by atoms with Gasteiger partial charge in [0, 0.05) is 36.2 Å². The van der Waals surface area contributed by atoms with Crippen LogP contribution in [0.15, 0.2) is 41.8 Å². The van der Waals surface area contributed by atoms with Crippen LogP contribution in [0, 0.1) is 0 Å². The predicted octanol–water partition coefficient (Wildman–Crippen LogP) is 3.81. The van der Waals surface area contributed by atoms with Crippen molar-refractivity contribution in [3.05, 3.63) is 52.2 Å². The van der Waals surface area contributed by atoms with Gasteiger partial charge in [-0.2, -0.15) is 0 Å². The summed E-state index contributed by atoms with van der Waals surface area (Å²) in [7, 11) is 1.73. The summed E-state index contributed by atoms with van der Waals surface area (Å²) in [6.45, 7) is 0.735. The molecule has 1 aliphatic rings. The maximum Gasteiger partial charge on any atom is 0.227 e. The van der Waals surface area contributed by atoms with E-state index in [0.717, 1.165) is 30.6 Å². The van der Waals surface area contributed by atoms with Gasteiger partial charge in [-0.3, -0.25) is 4.79 Å². The highest BCUT2D eigenvalue weighted by Crippen LogP contribution is 2.35. The van der Waals surface area contributed by atoms with Crippen LogP contribution in [0.4, 0.5) is 5.69 Å². The van der Waals surface area contributed by atoms with Gasteiger partial charge in [0.15, 0.2) is 0 Å². The molecule has 2 heterocycles. The van der Waals surface area contributed by atoms with Gasteiger partial charge in [-0.25, -0.2) is 0 Å². The normalized spacial score (nSPS) is 17.6. The average Bonchev–Trinajstić information content (AvgIpc) is 3.05. The first-order valence-electron chi connectivity index (χ1n) is 7.24. The summed E-state index contributed by atoms with van der Waals surface area (Å²) in [5, 5.41) is 2.05. The first kappa shape index (κ1) is 14.3. The number of methoxy groups -OCH3 is 1. The Balaban J connectivity index is 1.75. The number of nitrogens with zero attached hydrogens (tertiary/aromatic N) is 1. The topological polar surface area (TPSA) is 29.5 Å². The van der Waals surface area contributed by atoms with E-state index in [1.54, 1.807) is 18.4 Å². The predicted molar refractivity (Wildman–Crippen MR) is 85.8 cm³/mol. The highest BCUT2D eigenvalue weighted by Gasteiger charge is 2.27. The van der Waals surface area contributed by atoms with Gasteiger partial charge in [0.25, 0.3) is 0 Å². The Morgan fingerprint density at radius 1 is 1.33 bits per heavy atom. The third-order valence-electron chi connectivity index (χ3n) is 3.94. The van der Waals surface area contributed by atoms with E-state index in [4.69, 9.17) is 4.74 Å². The van der Waals surface area contributed by atoms with Crippen LogP contribution in [0.1, 0.15) is 29.4 Å². The van der Waals surface area contributed by atoms with Crippen molar-refractivity contribution < 1.29 is 9.53 Å². The number of fused-ring (bicyclic) bond motifs is 1. The second-order valence-electron chi connectivity index (χ2n) is 5.20. The maximum atomic E-state index is 12.5. The Kier molecular flexibility index (Phi) is 4.36. The number of para-hydroxylation sites is 1. The molecular formula is C17H19NO2S. The monoisotopic (exact) mass is 301 g/mol. The molecule has 2 aromatic rings. The molecule has 0 radical (unpaired) electrons. The van der Waals surface area contributed by atoms with Crippen molar-refractivity contribution in [3.63, 3.8) is 0 Å². The second kappa shape index (κ2) is 6.41. The average molecular weight is 301 g/mol. The Morgan fingerprint density at radius 2 is 2.19 bits per heavy atom. The number of rotatable bonds is 4. The van der Waals surface area contributed by atoms with Crippen LogP contribution >= 0.6 is 11.3 Å². The second-order valence-corrected chi connectivity index (χ2v) is 6.23. The van der Waals surface area contributed by atoms with E-state index >= 15 is 0 Å². The molecule has 1 aliphatic heterocycles. The number of anilines is 1. The van der Waals surface area contributed by atoms with Gasteiger partial charge in [-0.15, -0.1) is 11.3 Å². The first-order valence-corrected chi connectivity index (χ1v) is 8.12. The first-order chi connectivity index (χ1) is 10.3. The van der Waals surface area contributed by atoms with E-state index in [9.17, 15) is 4.79 Å². The molecule has 4 heteroatoms. The van der Waals surface area contributed by atoms with E-state index in [1.807, 2.05) is 29.2 Å². The zero-order valence-corrected chi connectivity index (χ0v) is 12.9. The van der Waals surface area contributed by atoms with Crippen LogP contribution in [0.3, 0.4) is 0 Å². The third kappa shape index (κ3) is 3.01. The van der Waals surface area contributed by atoms with Crippen LogP contribution in [-0.4, -0.2) is 19.6 Å². The zero-order valence-electron chi connectivity index (χ0n) is 12.1. The minimum atomic E-state index is 0.0996. The molecule has 1 amide bonds. The van der Waals surface area contributed by atoms with Crippen molar-refractivity contribution in [1.82, 2.24) is 0 Å². The maximum absolute atomic E-state index is 12.5. The number of carbonyl (C=O) groups is 1. The summed E-state index contributed by atoms with van der Waals surface area (Å²) >= 11 is 1.71. The minimum Gasteiger partial charge on any atom is -0.377 e. The molecule has 0 saturated carbocycles. The van der Waals surface area contributed by atoms with Crippen LogP contribution in [0.2, 0.25) is 0 Å². The number of hydrogen-bond donors (Lipinski definition) is 0. The van der Waals surface area contributed by atoms with Crippen molar-refractivity contribution in [2.45, 2.75) is 25.4 Å². The van der Waals surface area contributed by atoms with Gasteiger partial charge < -0.3 is 9.64 Å². The summed E-state index contributed by atoms with van der Waals surface area (Å²) in [5.74, 6) is 0.199. The van der Waals surface area contributed by atoms with Crippen LogP contribution < -0.4 is 4.90 Å². The molecule has 3 rings (SSSR count). The lowest BCUT2D eigenvalue weighted by atomic mass is 9.98. The quantitative estimate of drug-likeness (QED) is 0.859. The number of amides is 1. The molecule has 3 nitrogen and oxygen atoms in total. The zero-order chi connectivity index (χ0) is 14.7. The fourth-order valence-corrected chi connectivity index (χ4v) is 3.56. The highest BCUT2D eigenvalue weighted by atomic mass is 32.1. The number of aryl methyl sites for hydroxylation is 1. The molecule has 0 saturated heterocycles. The number of carbonyl (C=O) groups excluding carboxylic acids is 1. The molecule has 1 aromatic carbocycles. The van der Waals surface area contributed by atoms with Gasteiger partial charge in [-0.05, 0) is 30.4 Å². The third-order valence-corrected chi connectivity index (χ3v) is 4.88. The summed E-state index contributed by atoms with van der Waals surface area (Å²) in [5.41, 5.74) is 2.13. The van der Waals surface area contributed by atoms with Gasteiger partial charge in [0.2, 0.25) is 5.91 Å². The molecule has 0 fully saturated rings. The number of ether oxygens (including phenoxy) is 1. The standard InChI is InChI=1S/C17H19NO2S/c1-20-16-10-11-18(15-7-3-2-6-14(15)16)17(19)9-8-13-5-4-12-21-13/h2-7,12,16H,8-11H2,1H3. The molecule has 21 heavy (non-hydrogen) atoms. The van der Waals surface area contributed by atoms with Gasteiger partial charge >= 0.3 is 0 Å². The highest BCUT2D eigenvalue weighted by molar-refractivity contribution is 7.09. The van der Waals surface area contributed by atoms with Gasteiger partial charge in [0.1, 0.15) is 0 Å². The Labute approximate surface area is 129 Å². The molecule has 1 aromatic heterocycles. The Hall–Kier alpha value is -1.65. The van der Waals surface area contributed by atoms with Crippen molar-refractivity contribution in [3.8, 4) is 0 Å². The summed E-state index contributed by atoms with van der Waals surface area (Å²) in [4.78, 5) is 15.7. The van der Waals surface area contributed by atoms with E-state index in [1.165, 1.54) is 4.88 Å². The van der Waals surface area contributed by atoms with Gasteiger partial charge in [0.05, 0.1) is 6.10 Å². The Morgan fingerprint density at radius 3 is 2.95 bits per heavy atom. The lowest BCUT2D eigenvalue weighted by molar-refractivity contribution is -0.118. The molecule has 1 unspecified atom stereocenters. The number of hydrogen-bond acceptors (Lipinski definition) is 3. The Bertz CT molecular complexity index is 609. The molecule has 0 N–H and O–H groups in total. The van der Waals surface area contributed by atoms with Crippen molar-refractivity contribution >= 4 is 22.9 Å². The molecular weight excluding hydrogens is 282 g/mol. The van der Waals surface area contributed by atoms with Crippen molar-refractivity contribution in [1.29, 1.82) is 0 Å². The molecule has 1 atom stereocenters. The molecule has 0 spiro atoms. The van der Waals surface area contributed by atoms with E-state index in [2.05, 4.69) is 17.5 Å². The van der Waals surface area contributed by atoms with E-state index in [-0.39, 0.29) is 12.0 Å². The molecule has 0 bridgehead atoms. The summed E-state index contributed by atoms with van der Waals surface area (Å²) < 4.78 is 5.53. The van der Waals surface area contributed by atoms with Crippen LogP contribution in [0.25, 0.3) is 0 Å². The number of thiophene rings is 1. The van der Waals surface area contributed by atoms with Crippen molar-refractivity contribution in [2.75, 3.05) is 18.6 Å². The van der Waals surface area contributed by atoms with Crippen molar-refractivity contribution in [2.24, 2.45) is 0 Å².